The molecule has 0 spiro atoms. The van der Waals surface area contributed by atoms with E-state index in [1.165, 1.54) is 11.1 Å². The Morgan fingerprint density at radius 3 is 2.72 bits per heavy atom. The monoisotopic (exact) mass is 259 g/mol. The number of hydrogen-bond acceptors (Lipinski definition) is 2. The van der Waals surface area contributed by atoms with Crippen LogP contribution in [0.2, 0.25) is 5.02 Å². The molecule has 2 aromatic rings. The minimum atomic E-state index is 0.165. The Bertz CT molecular complexity index is 568. The van der Waals surface area contributed by atoms with Crippen LogP contribution in [-0.4, -0.2) is 11.7 Å². The summed E-state index contributed by atoms with van der Waals surface area (Å²) in [7, 11) is 0. The lowest BCUT2D eigenvalue weighted by Gasteiger charge is -2.27. The molecular formula is C15H14ClNO. The molecule has 0 aliphatic carbocycles. The number of rotatable bonds is 1. The molecule has 1 aliphatic rings. The molecule has 1 heterocycles. The van der Waals surface area contributed by atoms with E-state index in [0.717, 1.165) is 18.7 Å². The highest BCUT2D eigenvalue weighted by Gasteiger charge is 2.22. The van der Waals surface area contributed by atoms with E-state index in [0.29, 0.717) is 5.02 Å². The lowest BCUT2D eigenvalue weighted by molar-refractivity contribution is 0.472. The van der Waals surface area contributed by atoms with Crippen LogP contribution in [0.25, 0.3) is 0 Å². The van der Waals surface area contributed by atoms with Crippen LogP contribution in [0.3, 0.4) is 0 Å². The molecule has 0 saturated carbocycles. The lowest BCUT2D eigenvalue weighted by Crippen LogP contribution is -2.28. The smallest absolute Gasteiger partial charge is 0.134 e. The maximum atomic E-state index is 9.79. The second-order valence-electron chi connectivity index (χ2n) is 4.60. The minimum Gasteiger partial charge on any atom is -0.506 e. The minimum absolute atomic E-state index is 0.165. The first-order valence-corrected chi connectivity index (χ1v) is 6.40. The van der Waals surface area contributed by atoms with Crippen molar-refractivity contribution in [3.8, 4) is 5.75 Å². The molecule has 3 rings (SSSR count). The highest BCUT2D eigenvalue weighted by Crippen LogP contribution is 2.35. The highest BCUT2D eigenvalue weighted by atomic mass is 35.5. The molecule has 0 bridgehead atoms. The van der Waals surface area contributed by atoms with Gasteiger partial charge in [-0.05, 0) is 28.8 Å². The van der Waals surface area contributed by atoms with Gasteiger partial charge >= 0.3 is 0 Å². The number of phenols is 1. The van der Waals surface area contributed by atoms with Crippen molar-refractivity contribution in [2.24, 2.45) is 0 Å². The number of hydrogen-bond donors (Lipinski definition) is 2. The van der Waals surface area contributed by atoms with E-state index < -0.39 is 0 Å². The molecule has 1 atom stereocenters. The summed E-state index contributed by atoms with van der Waals surface area (Å²) < 4.78 is 0. The van der Waals surface area contributed by atoms with Gasteiger partial charge in [-0.15, -0.1) is 0 Å². The zero-order chi connectivity index (χ0) is 12.5. The van der Waals surface area contributed by atoms with Crippen molar-refractivity contribution in [1.82, 2.24) is 5.32 Å². The summed E-state index contributed by atoms with van der Waals surface area (Å²) in [5.41, 5.74) is 3.59. The Hall–Kier alpha value is -1.51. The highest BCUT2D eigenvalue weighted by molar-refractivity contribution is 6.32. The molecule has 0 fully saturated rings. The number of fused-ring (bicyclic) bond motifs is 1. The Balaban J connectivity index is 2.09. The van der Waals surface area contributed by atoms with Gasteiger partial charge in [0.05, 0.1) is 5.02 Å². The summed E-state index contributed by atoms with van der Waals surface area (Å²) in [6.45, 7) is 1.69. The number of nitrogens with one attached hydrogen (secondary N) is 1. The first-order chi connectivity index (χ1) is 8.75. The number of halogens is 1. The van der Waals surface area contributed by atoms with Crippen molar-refractivity contribution in [2.45, 2.75) is 12.5 Å². The maximum Gasteiger partial charge on any atom is 0.134 e. The van der Waals surface area contributed by atoms with Crippen LogP contribution in [0.4, 0.5) is 0 Å². The zero-order valence-electron chi connectivity index (χ0n) is 9.86. The van der Waals surface area contributed by atoms with Crippen LogP contribution in [0.5, 0.6) is 5.75 Å². The predicted molar refractivity (Wildman–Crippen MR) is 73.1 cm³/mol. The Kier molecular flexibility index (Phi) is 2.98. The molecule has 92 valence electrons. The second kappa shape index (κ2) is 4.63. The van der Waals surface area contributed by atoms with E-state index in [-0.39, 0.29) is 11.7 Å². The number of phenolic OH excluding ortho intramolecular Hbond substituents is 1. The molecule has 0 unspecified atom stereocenters. The van der Waals surface area contributed by atoms with Crippen LogP contribution in [-0.2, 0) is 6.54 Å². The second-order valence-corrected chi connectivity index (χ2v) is 5.00. The molecule has 0 amide bonds. The SMILES string of the molecule is Oc1cc2c(cc1Cl)CNC[C@H]2c1ccccc1. The van der Waals surface area contributed by atoms with Crippen LogP contribution in [0.1, 0.15) is 22.6 Å². The van der Waals surface area contributed by atoms with Gasteiger partial charge in [-0.2, -0.15) is 0 Å². The summed E-state index contributed by atoms with van der Waals surface area (Å²) >= 11 is 5.96. The van der Waals surface area contributed by atoms with Crippen molar-refractivity contribution in [3.05, 3.63) is 64.2 Å². The molecule has 2 N–H and O–H groups in total. The Morgan fingerprint density at radius 2 is 1.94 bits per heavy atom. The fourth-order valence-electron chi connectivity index (χ4n) is 2.54. The van der Waals surface area contributed by atoms with Crippen LogP contribution >= 0.6 is 11.6 Å². The molecule has 3 heteroatoms. The van der Waals surface area contributed by atoms with E-state index in [1.54, 1.807) is 6.07 Å². The summed E-state index contributed by atoms with van der Waals surface area (Å²) in [6.07, 6.45) is 0. The van der Waals surface area contributed by atoms with Gasteiger partial charge in [0.1, 0.15) is 5.75 Å². The molecule has 0 aromatic heterocycles. The zero-order valence-corrected chi connectivity index (χ0v) is 10.6. The largest absolute Gasteiger partial charge is 0.506 e. The Morgan fingerprint density at radius 1 is 1.17 bits per heavy atom. The van der Waals surface area contributed by atoms with E-state index in [2.05, 4.69) is 17.4 Å². The first kappa shape index (κ1) is 11.6. The average Bonchev–Trinajstić information content (AvgIpc) is 2.40. The Labute approximate surface area is 111 Å². The predicted octanol–water partition coefficient (Wildman–Crippen LogP) is 3.28. The molecular weight excluding hydrogens is 246 g/mol. The molecule has 0 radical (unpaired) electrons. The van der Waals surface area contributed by atoms with Gasteiger partial charge in [-0.3, -0.25) is 0 Å². The van der Waals surface area contributed by atoms with Crippen molar-refractivity contribution in [3.63, 3.8) is 0 Å². The molecule has 2 nitrogen and oxygen atoms in total. The number of benzene rings is 2. The fourth-order valence-corrected chi connectivity index (χ4v) is 2.73. The van der Waals surface area contributed by atoms with Crippen molar-refractivity contribution >= 4 is 11.6 Å². The van der Waals surface area contributed by atoms with Gasteiger partial charge in [0.2, 0.25) is 0 Å². The first-order valence-electron chi connectivity index (χ1n) is 6.02. The molecule has 1 aliphatic heterocycles. The third kappa shape index (κ3) is 1.98. The van der Waals surface area contributed by atoms with Crippen LogP contribution < -0.4 is 5.32 Å². The third-order valence-electron chi connectivity index (χ3n) is 3.45. The standard InChI is InChI=1S/C15H14ClNO/c16-14-6-11-8-17-9-13(12(11)7-15(14)18)10-4-2-1-3-5-10/h1-7,13,17-18H,8-9H2/t13-/m0/s1. The van der Waals surface area contributed by atoms with E-state index in [1.807, 2.05) is 24.3 Å². The van der Waals surface area contributed by atoms with E-state index in [4.69, 9.17) is 11.6 Å². The normalized spacial score (nSPS) is 18.4. The van der Waals surface area contributed by atoms with Gasteiger partial charge in [0.25, 0.3) is 0 Å². The van der Waals surface area contributed by atoms with Gasteiger partial charge in [0, 0.05) is 19.0 Å². The molecule has 0 saturated heterocycles. The topological polar surface area (TPSA) is 32.3 Å². The van der Waals surface area contributed by atoms with Gasteiger partial charge in [0.15, 0.2) is 0 Å². The molecule has 18 heavy (non-hydrogen) atoms. The summed E-state index contributed by atoms with van der Waals surface area (Å²) in [6, 6.07) is 14.0. The molecule has 2 aromatic carbocycles. The summed E-state index contributed by atoms with van der Waals surface area (Å²) in [5.74, 6) is 0.441. The lowest BCUT2D eigenvalue weighted by atomic mass is 9.85. The van der Waals surface area contributed by atoms with E-state index in [9.17, 15) is 5.11 Å². The van der Waals surface area contributed by atoms with Gasteiger partial charge in [-0.25, -0.2) is 0 Å². The maximum absolute atomic E-state index is 9.79. The summed E-state index contributed by atoms with van der Waals surface area (Å²) in [5, 5.41) is 13.6. The quantitative estimate of drug-likeness (QED) is 0.824. The number of aromatic hydroxyl groups is 1. The van der Waals surface area contributed by atoms with Gasteiger partial charge in [-0.1, -0.05) is 41.9 Å². The van der Waals surface area contributed by atoms with Crippen molar-refractivity contribution in [1.29, 1.82) is 0 Å². The average molecular weight is 260 g/mol. The van der Waals surface area contributed by atoms with Crippen molar-refractivity contribution in [2.75, 3.05) is 6.54 Å². The fraction of sp³-hybridized carbons (Fsp3) is 0.200. The third-order valence-corrected chi connectivity index (χ3v) is 3.75. The van der Waals surface area contributed by atoms with Crippen LogP contribution in [0, 0.1) is 0 Å². The van der Waals surface area contributed by atoms with E-state index >= 15 is 0 Å². The van der Waals surface area contributed by atoms with Gasteiger partial charge < -0.3 is 10.4 Å². The van der Waals surface area contributed by atoms with Crippen molar-refractivity contribution < 1.29 is 5.11 Å². The summed E-state index contributed by atoms with van der Waals surface area (Å²) in [4.78, 5) is 0. The van der Waals surface area contributed by atoms with Crippen LogP contribution in [0.15, 0.2) is 42.5 Å².